The van der Waals surface area contributed by atoms with Crippen molar-refractivity contribution in [3.63, 3.8) is 0 Å². The lowest BCUT2D eigenvalue weighted by atomic mass is 9.91. The molecular weight excluding hydrogens is 254 g/mol. The van der Waals surface area contributed by atoms with Crippen LogP contribution in [-0.2, 0) is 11.3 Å². The lowest BCUT2D eigenvalue weighted by Gasteiger charge is -2.36. The summed E-state index contributed by atoms with van der Waals surface area (Å²) in [5.41, 5.74) is 2.14. The summed E-state index contributed by atoms with van der Waals surface area (Å²) in [5, 5.41) is 10.3. The van der Waals surface area contributed by atoms with Crippen LogP contribution < -0.4 is 0 Å². The highest BCUT2D eigenvalue weighted by Gasteiger charge is 2.29. The number of likely N-dealkylation sites (tertiary alicyclic amines) is 1. The van der Waals surface area contributed by atoms with Gasteiger partial charge in [0.1, 0.15) is 5.65 Å². The molecule has 2 N–H and O–H groups in total. The van der Waals surface area contributed by atoms with Crippen molar-refractivity contribution in [1.82, 2.24) is 14.9 Å². The van der Waals surface area contributed by atoms with E-state index in [0.29, 0.717) is 6.04 Å². The van der Waals surface area contributed by atoms with Crippen LogP contribution in [0.25, 0.3) is 11.0 Å². The van der Waals surface area contributed by atoms with Crippen molar-refractivity contribution in [2.75, 3.05) is 6.54 Å². The van der Waals surface area contributed by atoms with Gasteiger partial charge >= 0.3 is 5.97 Å². The number of pyridine rings is 1. The molecule has 106 valence electrons. The molecule has 0 amide bonds. The van der Waals surface area contributed by atoms with E-state index in [4.69, 9.17) is 5.11 Å². The molecule has 0 aliphatic carbocycles. The van der Waals surface area contributed by atoms with Crippen LogP contribution in [0.3, 0.4) is 0 Å². The van der Waals surface area contributed by atoms with Crippen molar-refractivity contribution < 1.29 is 9.90 Å². The Morgan fingerprint density at radius 3 is 3.20 bits per heavy atom. The number of aromatic nitrogens is 2. The Hall–Kier alpha value is -1.88. The van der Waals surface area contributed by atoms with Gasteiger partial charge in [0.15, 0.2) is 0 Å². The molecule has 20 heavy (non-hydrogen) atoms. The van der Waals surface area contributed by atoms with Crippen LogP contribution in [0.1, 0.15) is 25.3 Å². The molecule has 1 saturated heterocycles. The van der Waals surface area contributed by atoms with Crippen LogP contribution in [0.5, 0.6) is 0 Å². The quantitative estimate of drug-likeness (QED) is 0.900. The molecule has 3 heterocycles. The molecule has 5 heteroatoms. The summed E-state index contributed by atoms with van der Waals surface area (Å²) in [5.74, 6) is -0.848. The summed E-state index contributed by atoms with van der Waals surface area (Å²) in [4.78, 5) is 20.9. The van der Waals surface area contributed by atoms with Crippen LogP contribution in [0.2, 0.25) is 0 Å². The molecular formula is C15H19N3O2. The topological polar surface area (TPSA) is 69.2 Å². The molecule has 2 aromatic rings. The van der Waals surface area contributed by atoms with Gasteiger partial charge in [-0.25, -0.2) is 4.98 Å². The second kappa shape index (κ2) is 5.25. The molecule has 3 rings (SSSR count). The Kier molecular flexibility index (Phi) is 3.44. The van der Waals surface area contributed by atoms with E-state index >= 15 is 0 Å². The predicted octanol–water partition coefficient (Wildman–Crippen LogP) is 2.25. The Labute approximate surface area is 117 Å². The standard InChI is InChI=1S/C15H19N3O2/c1-10-7-11(15(19)20)4-6-18(10)9-12-8-17-14-13(12)3-2-5-16-14/h2-3,5,8,10-11H,4,6-7,9H2,1H3,(H,16,17)(H,19,20). The average molecular weight is 273 g/mol. The van der Waals surface area contributed by atoms with Crippen molar-refractivity contribution in [3.8, 4) is 0 Å². The molecule has 2 unspecified atom stereocenters. The van der Waals surface area contributed by atoms with Gasteiger partial charge < -0.3 is 10.1 Å². The smallest absolute Gasteiger partial charge is 0.306 e. The molecule has 0 radical (unpaired) electrons. The number of hydrogen-bond donors (Lipinski definition) is 2. The fourth-order valence-electron chi connectivity index (χ4n) is 3.04. The Bertz CT molecular complexity index is 622. The number of rotatable bonds is 3. The van der Waals surface area contributed by atoms with E-state index in [1.54, 1.807) is 6.20 Å². The minimum absolute atomic E-state index is 0.189. The van der Waals surface area contributed by atoms with Crippen LogP contribution in [-0.4, -0.2) is 38.5 Å². The Morgan fingerprint density at radius 2 is 2.45 bits per heavy atom. The van der Waals surface area contributed by atoms with Crippen LogP contribution >= 0.6 is 0 Å². The second-order valence-electron chi connectivity index (χ2n) is 5.59. The zero-order valence-electron chi connectivity index (χ0n) is 11.5. The van der Waals surface area contributed by atoms with Crippen LogP contribution in [0.4, 0.5) is 0 Å². The second-order valence-corrected chi connectivity index (χ2v) is 5.59. The number of carboxylic acid groups (broad SMARTS) is 1. The van der Waals surface area contributed by atoms with Gasteiger partial charge in [-0.05, 0) is 44.0 Å². The first-order valence-corrected chi connectivity index (χ1v) is 7.03. The molecule has 2 atom stereocenters. The predicted molar refractivity (Wildman–Crippen MR) is 76.3 cm³/mol. The minimum Gasteiger partial charge on any atom is -0.481 e. The number of piperidine rings is 1. The van der Waals surface area contributed by atoms with Crippen LogP contribution in [0.15, 0.2) is 24.5 Å². The molecule has 5 nitrogen and oxygen atoms in total. The van der Waals surface area contributed by atoms with Crippen LogP contribution in [0, 0.1) is 5.92 Å². The molecule has 1 aliphatic heterocycles. The van der Waals surface area contributed by atoms with E-state index in [9.17, 15) is 4.79 Å². The first-order chi connectivity index (χ1) is 9.65. The largest absolute Gasteiger partial charge is 0.481 e. The molecule has 1 fully saturated rings. The van der Waals surface area contributed by atoms with Crippen molar-refractivity contribution in [2.24, 2.45) is 5.92 Å². The highest BCUT2D eigenvalue weighted by atomic mass is 16.4. The number of carbonyl (C=O) groups is 1. The molecule has 0 aromatic carbocycles. The minimum atomic E-state index is -0.659. The van der Waals surface area contributed by atoms with E-state index in [1.165, 1.54) is 5.56 Å². The maximum atomic E-state index is 11.1. The maximum Gasteiger partial charge on any atom is 0.306 e. The summed E-state index contributed by atoms with van der Waals surface area (Å²) < 4.78 is 0. The first kappa shape index (κ1) is 13.1. The van der Waals surface area contributed by atoms with Crippen molar-refractivity contribution in [1.29, 1.82) is 0 Å². The van der Waals surface area contributed by atoms with E-state index in [1.807, 2.05) is 12.3 Å². The third kappa shape index (κ3) is 2.41. The molecule has 0 saturated carbocycles. The SMILES string of the molecule is CC1CC(C(=O)O)CCN1Cc1c[nH]c2ncccc12. The average Bonchev–Trinajstić information content (AvgIpc) is 2.84. The van der Waals surface area contributed by atoms with Gasteiger partial charge in [0.2, 0.25) is 0 Å². The summed E-state index contributed by atoms with van der Waals surface area (Å²) in [6.45, 7) is 3.80. The summed E-state index contributed by atoms with van der Waals surface area (Å²) >= 11 is 0. The van der Waals surface area contributed by atoms with E-state index in [2.05, 4.69) is 27.9 Å². The van der Waals surface area contributed by atoms with Gasteiger partial charge in [0, 0.05) is 30.4 Å². The van der Waals surface area contributed by atoms with Gasteiger partial charge in [-0.15, -0.1) is 0 Å². The van der Waals surface area contributed by atoms with Gasteiger partial charge in [-0.1, -0.05) is 0 Å². The third-order valence-electron chi connectivity index (χ3n) is 4.27. The molecule has 0 spiro atoms. The summed E-state index contributed by atoms with van der Waals surface area (Å²) in [7, 11) is 0. The van der Waals surface area contributed by atoms with Gasteiger partial charge in [0.25, 0.3) is 0 Å². The number of fused-ring (bicyclic) bond motifs is 1. The normalized spacial score (nSPS) is 24.1. The number of aliphatic carboxylic acids is 1. The number of H-pyrrole nitrogens is 1. The van der Waals surface area contributed by atoms with Crippen molar-refractivity contribution in [2.45, 2.75) is 32.4 Å². The first-order valence-electron chi connectivity index (χ1n) is 7.03. The monoisotopic (exact) mass is 273 g/mol. The number of nitrogens with zero attached hydrogens (tertiary/aromatic N) is 2. The van der Waals surface area contributed by atoms with E-state index in [0.717, 1.165) is 37.0 Å². The number of carboxylic acids is 1. The molecule has 2 aromatic heterocycles. The third-order valence-corrected chi connectivity index (χ3v) is 4.27. The van der Waals surface area contributed by atoms with E-state index < -0.39 is 5.97 Å². The molecule has 1 aliphatic rings. The maximum absolute atomic E-state index is 11.1. The summed E-state index contributed by atoms with van der Waals surface area (Å²) in [6, 6.07) is 4.31. The number of hydrogen-bond acceptors (Lipinski definition) is 3. The number of aromatic amines is 1. The zero-order valence-corrected chi connectivity index (χ0v) is 11.5. The van der Waals surface area contributed by atoms with Crippen molar-refractivity contribution >= 4 is 17.0 Å². The van der Waals surface area contributed by atoms with Gasteiger partial charge in [-0.3, -0.25) is 9.69 Å². The van der Waals surface area contributed by atoms with Gasteiger partial charge in [-0.2, -0.15) is 0 Å². The highest BCUT2D eigenvalue weighted by molar-refractivity contribution is 5.79. The lowest BCUT2D eigenvalue weighted by Crippen LogP contribution is -2.42. The lowest BCUT2D eigenvalue weighted by molar-refractivity contribution is -0.144. The summed E-state index contributed by atoms with van der Waals surface area (Å²) in [6.07, 6.45) is 5.26. The molecule has 0 bridgehead atoms. The van der Waals surface area contributed by atoms with E-state index in [-0.39, 0.29) is 5.92 Å². The fourth-order valence-corrected chi connectivity index (χ4v) is 3.04. The van der Waals surface area contributed by atoms with Gasteiger partial charge in [0.05, 0.1) is 5.92 Å². The van der Waals surface area contributed by atoms with Crippen molar-refractivity contribution in [3.05, 3.63) is 30.1 Å². The Morgan fingerprint density at radius 1 is 1.60 bits per heavy atom. The fraction of sp³-hybridized carbons (Fsp3) is 0.467. The highest BCUT2D eigenvalue weighted by Crippen LogP contribution is 2.26. The zero-order chi connectivity index (χ0) is 14.1. The Balaban J connectivity index is 1.74. The number of nitrogens with one attached hydrogen (secondary N) is 1.